The van der Waals surface area contributed by atoms with Gasteiger partial charge in [0.05, 0.1) is 16.8 Å². The van der Waals surface area contributed by atoms with Gasteiger partial charge in [-0.05, 0) is 6.92 Å². The number of aromatic nitrogens is 1. The number of nitrogens with zero attached hydrogens (tertiary/aromatic N) is 2. The number of thiophene rings is 1. The van der Waals surface area contributed by atoms with Crippen LogP contribution >= 0.6 is 22.7 Å². The molecule has 0 aliphatic carbocycles. The summed E-state index contributed by atoms with van der Waals surface area (Å²) >= 11 is 2.54. The smallest absolute Gasteiger partial charge is 0.181 e. The summed E-state index contributed by atoms with van der Waals surface area (Å²) < 4.78 is 0. The molecule has 17 heavy (non-hydrogen) atoms. The van der Waals surface area contributed by atoms with Crippen LogP contribution in [0, 0.1) is 18.3 Å². The third-order valence-corrected chi connectivity index (χ3v) is 3.47. The summed E-state index contributed by atoms with van der Waals surface area (Å²) in [4.78, 5) is 3.69. The summed E-state index contributed by atoms with van der Waals surface area (Å²) in [5, 5.41) is 10.9. The number of rotatable bonds is 0. The lowest BCUT2D eigenvalue weighted by Crippen LogP contribution is -1.85. The van der Waals surface area contributed by atoms with Crippen molar-refractivity contribution in [3.63, 3.8) is 0 Å². The molecule has 6 nitrogen and oxygen atoms in total. The number of hydrogen-bond acceptors (Lipinski definition) is 8. The van der Waals surface area contributed by atoms with E-state index in [1.54, 1.807) is 13.1 Å². The summed E-state index contributed by atoms with van der Waals surface area (Å²) in [7, 11) is 0. The Balaban J connectivity index is 0.000000181. The molecule has 2 heterocycles. The fourth-order valence-corrected chi connectivity index (χ4v) is 2.24. The van der Waals surface area contributed by atoms with Gasteiger partial charge in [-0.3, -0.25) is 0 Å². The Morgan fingerprint density at radius 1 is 1.18 bits per heavy atom. The lowest BCUT2D eigenvalue weighted by Gasteiger charge is -1.85. The highest BCUT2D eigenvalue weighted by Crippen LogP contribution is 2.31. The summed E-state index contributed by atoms with van der Waals surface area (Å²) in [5.41, 5.74) is 22.7. The van der Waals surface area contributed by atoms with E-state index in [1.807, 2.05) is 6.07 Å². The first-order valence-electron chi connectivity index (χ1n) is 4.47. The van der Waals surface area contributed by atoms with Crippen LogP contribution in [-0.4, -0.2) is 4.98 Å². The molecule has 0 amide bonds. The maximum atomic E-state index is 8.53. The van der Waals surface area contributed by atoms with E-state index in [4.69, 9.17) is 28.2 Å². The van der Waals surface area contributed by atoms with Crippen molar-refractivity contribution in [2.24, 2.45) is 0 Å². The van der Waals surface area contributed by atoms with Crippen molar-refractivity contribution in [3.8, 4) is 6.07 Å². The van der Waals surface area contributed by atoms with E-state index in [0.717, 1.165) is 5.56 Å². The molecule has 0 unspecified atom stereocenters. The Kier molecular flexibility index (Phi) is 4.14. The topological polar surface area (TPSA) is 141 Å². The Labute approximate surface area is 106 Å². The number of nitrogen functional groups attached to an aromatic ring is 4. The Bertz CT molecular complexity index is 534. The summed E-state index contributed by atoms with van der Waals surface area (Å²) in [6.45, 7) is 1.79. The monoisotopic (exact) mass is 268 g/mol. The van der Waals surface area contributed by atoms with Gasteiger partial charge in [0.15, 0.2) is 5.13 Å². The molecule has 0 saturated carbocycles. The molecule has 0 saturated heterocycles. The molecule has 0 aromatic carbocycles. The van der Waals surface area contributed by atoms with E-state index in [0.29, 0.717) is 25.7 Å². The number of hydrogen-bond donors (Lipinski definition) is 4. The zero-order valence-electron chi connectivity index (χ0n) is 9.10. The van der Waals surface area contributed by atoms with Crippen molar-refractivity contribution >= 4 is 42.8 Å². The lowest BCUT2D eigenvalue weighted by molar-refractivity contribution is 1.43. The molecule has 90 valence electrons. The van der Waals surface area contributed by atoms with Crippen molar-refractivity contribution in [3.05, 3.63) is 17.3 Å². The van der Waals surface area contributed by atoms with Crippen LogP contribution < -0.4 is 22.9 Å². The highest BCUT2D eigenvalue weighted by atomic mass is 32.1. The highest BCUT2D eigenvalue weighted by Gasteiger charge is 2.08. The van der Waals surface area contributed by atoms with Gasteiger partial charge in [0.25, 0.3) is 0 Å². The number of nitrogens with two attached hydrogens (primary N) is 4. The normalized spacial score (nSPS) is 9.18. The molecule has 0 bridgehead atoms. The van der Waals surface area contributed by atoms with Crippen molar-refractivity contribution in [2.45, 2.75) is 6.92 Å². The molecule has 2 aromatic rings. The average molecular weight is 268 g/mol. The third kappa shape index (κ3) is 3.24. The minimum Gasteiger partial charge on any atom is -0.390 e. The quantitative estimate of drug-likeness (QED) is 0.569. The SMILES string of the molecule is Cc1c(N)sc(N)c1C#N.Nc1cnc(N)s1. The van der Waals surface area contributed by atoms with Crippen LogP contribution in [0.4, 0.5) is 20.1 Å². The van der Waals surface area contributed by atoms with Crippen LogP contribution in [-0.2, 0) is 0 Å². The fraction of sp³-hybridized carbons (Fsp3) is 0.111. The van der Waals surface area contributed by atoms with E-state index in [2.05, 4.69) is 4.98 Å². The summed E-state index contributed by atoms with van der Waals surface area (Å²) in [6, 6.07) is 1.99. The molecular formula is C9H12N6S2. The number of anilines is 4. The Hall–Kier alpha value is -1.98. The van der Waals surface area contributed by atoms with Gasteiger partial charge in [-0.2, -0.15) is 5.26 Å². The first kappa shape index (κ1) is 13.1. The third-order valence-electron chi connectivity index (χ3n) is 1.86. The number of thiazole rings is 1. The molecule has 0 atom stereocenters. The van der Waals surface area contributed by atoms with Gasteiger partial charge >= 0.3 is 0 Å². The molecule has 0 aliphatic rings. The van der Waals surface area contributed by atoms with Gasteiger partial charge in [0.2, 0.25) is 0 Å². The zero-order valence-corrected chi connectivity index (χ0v) is 10.7. The first-order valence-corrected chi connectivity index (χ1v) is 6.10. The van der Waals surface area contributed by atoms with E-state index < -0.39 is 0 Å². The van der Waals surface area contributed by atoms with Crippen LogP contribution in [0.2, 0.25) is 0 Å². The Morgan fingerprint density at radius 3 is 2.00 bits per heavy atom. The predicted molar refractivity (Wildman–Crippen MR) is 73.5 cm³/mol. The van der Waals surface area contributed by atoms with E-state index in [1.165, 1.54) is 22.7 Å². The van der Waals surface area contributed by atoms with E-state index in [-0.39, 0.29) is 0 Å². The summed E-state index contributed by atoms with van der Waals surface area (Å²) in [5.74, 6) is 0. The minimum absolute atomic E-state index is 0.512. The largest absolute Gasteiger partial charge is 0.390 e. The molecule has 8 N–H and O–H groups in total. The van der Waals surface area contributed by atoms with Crippen molar-refractivity contribution in [1.29, 1.82) is 5.26 Å². The fourth-order valence-electron chi connectivity index (χ4n) is 0.994. The van der Waals surface area contributed by atoms with E-state index in [9.17, 15) is 0 Å². The van der Waals surface area contributed by atoms with Crippen LogP contribution in [0.5, 0.6) is 0 Å². The van der Waals surface area contributed by atoms with Crippen LogP contribution in [0.25, 0.3) is 0 Å². The Morgan fingerprint density at radius 2 is 1.82 bits per heavy atom. The van der Waals surface area contributed by atoms with Crippen LogP contribution in [0.3, 0.4) is 0 Å². The van der Waals surface area contributed by atoms with Gasteiger partial charge in [-0.15, -0.1) is 11.3 Å². The highest BCUT2D eigenvalue weighted by molar-refractivity contribution is 7.20. The minimum atomic E-state index is 0.512. The summed E-state index contributed by atoms with van der Waals surface area (Å²) in [6.07, 6.45) is 1.54. The maximum Gasteiger partial charge on any atom is 0.181 e. The van der Waals surface area contributed by atoms with Crippen molar-refractivity contribution in [1.82, 2.24) is 4.98 Å². The molecule has 0 radical (unpaired) electrons. The maximum absolute atomic E-state index is 8.53. The molecule has 2 rings (SSSR count). The standard InChI is InChI=1S/C6H7N3S.C3H5N3S/c1-3-4(2-7)6(9)10-5(3)8;4-2-1-6-3(5)7-2/h8-9H2,1H3;1H,4H2,(H2,5,6). The second-order valence-corrected chi connectivity index (χ2v) is 5.22. The van der Waals surface area contributed by atoms with Crippen LogP contribution in [0.15, 0.2) is 6.20 Å². The average Bonchev–Trinajstić information content (AvgIpc) is 2.73. The molecule has 8 heteroatoms. The molecule has 2 aromatic heterocycles. The predicted octanol–water partition coefficient (Wildman–Crippen LogP) is 1.40. The molecule has 0 spiro atoms. The lowest BCUT2D eigenvalue weighted by atomic mass is 10.2. The second kappa shape index (κ2) is 5.38. The van der Waals surface area contributed by atoms with E-state index >= 15 is 0 Å². The van der Waals surface area contributed by atoms with Crippen molar-refractivity contribution < 1.29 is 0 Å². The van der Waals surface area contributed by atoms with Gasteiger partial charge < -0.3 is 22.9 Å². The zero-order chi connectivity index (χ0) is 13.0. The van der Waals surface area contributed by atoms with Crippen LogP contribution in [0.1, 0.15) is 11.1 Å². The van der Waals surface area contributed by atoms with Gasteiger partial charge in [0, 0.05) is 5.56 Å². The van der Waals surface area contributed by atoms with Gasteiger partial charge in [-0.1, -0.05) is 11.3 Å². The number of nitriles is 1. The second-order valence-electron chi connectivity index (χ2n) is 3.04. The van der Waals surface area contributed by atoms with Crippen molar-refractivity contribution in [2.75, 3.05) is 22.9 Å². The van der Waals surface area contributed by atoms with Gasteiger partial charge in [0.1, 0.15) is 16.1 Å². The first-order chi connectivity index (χ1) is 7.95. The molecular weight excluding hydrogens is 256 g/mol. The van der Waals surface area contributed by atoms with Gasteiger partial charge in [-0.25, -0.2) is 4.98 Å². The molecule has 0 aliphatic heterocycles. The molecule has 0 fully saturated rings.